The summed E-state index contributed by atoms with van der Waals surface area (Å²) < 4.78 is 0. The molecule has 0 aromatic heterocycles. The molecule has 0 unspecified atom stereocenters. The third-order valence-electron chi connectivity index (χ3n) is 0.898. The van der Waals surface area contributed by atoms with Crippen molar-refractivity contribution >= 4 is 11.7 Å². The van der Waals surface area contributed by atoms with Gasteiger partial charge in [-0.2, -0.15) is 0 Å². The lowest BCUT2D eigenvalue weighted by Crippen LogP contribution is -2.26. The van der Waals surface area contributed by atoms with Crippen LogP contribution >= 0.6 is 0 Å². The number of nitrogens with zero attached hydrogens (tertiary/aromatic N) is 1. The maximum Gasteiger partial charge on any atom is 0.103 e. The number of hydrogen-bond donors (Lipinski definition) is 3. The molecule has 0 saturated heterocycles. The first-order valence-corrected chi connectivity index (χ1v) is 2.61. The molecule has 9 heavy (non-hydrogen) atoms. The van der Waals surface area contributed by atoms with Crippen LogP contribution in [0.2, 0.25) is 0 Å². The van der Waals surface area contributed by atoms with E-state index in [4.69, 9.17) is 16.6 Å². The molecule has 0 aromatic rings. The van der Waals surface area contributed by atoms with Gasteiger partial charge in [0.2, 0.25) is 0 Å². The van der Waals surface area contributed by atoms with Gasteiger partial charge in [-0.3, -0.25) is 10.8 Å². The average Bonchev–Trinajstić information content (AvgIpc) is 1.63. The topological polar surface area (TPSA) is 77.0 Å². The lowest BCUT2D eigenvalue weighted by atomic mass is 10.3. The maximum atomic E-state index is 7.18. The van der Waals surface area contributed by atoms with Crippen molar-refractivity contribution in [3.8, 4) is 0 Å². The summed E-state index contributed by atoms with van der Waals surface area (Å²) in [5.74, 6) is 0.399. The predicted octanol–water partition coefficient (Wildman–Crippen LogP) is -0.149. The van der Waals surface area contributed by atoms with Crippen molar-refractivity contribution in [2.24, 2.45) is 5.73 Å². The van der Waals surface area contributed by atoms with Gasteiger partial charge in [0.1, 0.15) is 5.84 Å². The summed E-state index contributed by atoms with van der Waals surface area (Å²) in [4.78, 5) is 1.63. The Morgan fingerprint density at radius 2 is 1.89 bits per heavy atom. The van der Waals surface area contributed by atoms with Crippen LogP contribution in [0, 0.1) is 10.8 Å². The molecule has 0 radical (unpaired) electrons. The van der Waals surface area contributed by atoms with Gasteiger partial charge in [-0.1, -0.05) is 0 Å². The number of amidine groups is 2. The first-order valence-electron chi connectivity index (χ1n) is 2.61. The second-order valence-electron chi connectivity index (χ2n) is 2.04. The van der Waals surface area contributed by atoms with Crippen molar-refractivity contribution in [2.45, 2.75) is 6.42 Å². The van der Waals surface area contributed by atoms with E-state index < -0.39 is 0 Å². The van der Waals surface area contributed by atoms with E-state index in [0.29, 0.717) is 5.84 Å². The zero-order valence-corrected chi connectivity index (χ0v) is 5.73. The quantitative estimate of drug-likeness (QED) is 0.357. The first-order chi connectivity index (χ1) is 4.04. The molecule has 0 saturated carbocycles. The van der Waals surface area contributed by atoms with E-state index in [0.717, 1.165) is 0 Å². The normalized spacial score (nSPS) is 8.67. The third kappa shape index (κ3) is 3.52. The van der Waals surface area contributed by atoms with Gasteiger partial charge in [0, 0.05) is 14.1 Å². The molecule has 0 aliphatic heterocycles. The molecule has 0 spiro atoms. The molecule has 0 bridgehead atoms. The van der Waals surface area contributed by atoms with Crippen molar-refractivity contribution < 1.29 is 0 Å². The number of hydrogen-bond acceptors (Lipinski definition) is 2. The van der Waals surface area contributed by atoms with Crippen molar-refractivity contribution in [2.75, 3.05) is 14.1 Å². The van der Waals surface area contributed by atoms with Crippen LogP contribution in [0.4, 0.5) is 0 Å². The van der Waals surface area contributed by atoms with E-state index in [9.17, 15) is 0 Å². The van der Waals surface area contributed by atoms with Crippen molar-refractivity contribution in [1.29, 1.82) is 10.8 Å². The first kappa shape index (κ1) is 7.94. The predicted molar refractivity (Wildman–Crippen MR) is 37.9 cm³/mol. The summed E-state index contributed by atoms with van der Waals surface area (Å²) in [6.07, 6.45) is 0.243. The monoisotopic (exact) mass is 128 g/mol. The minimum absolute atomic E-state index is 0.0358. The molecule has 52 valence electrons. The van der Waals surface area contributed by atoms with Crippen LogP contribution < -0.4 is 5.73 Å². The van der Waals surface area contributed by atoms with Gasteiger partial charge in [-0.15, -0.1) is 0 Å². The Bertz CT molecular complexity index is 127. The highest BCUT2D eigenvalue weighted by atomic mass is 15.1. The lowest BCUT2D eigenvalue weighted by Gasteiger charge is -2.11. The zero-order valence-electron chi connectivity index (χ0n) is 5.73. The summed E-state index contributed by atoms with van der Waals surface area (Å²) in [5.41, 5.74) is 5.05. The number of nitrogens with two attached hydrogens (primary N) is 1. The van der Waals surface area contributed by atoms with E-state index >= 15 is 0 Å². The second kappa shape index (κ2) is 3.06. The van der Waals surface area contributed by atoms with E-state index in [2.05, 4.69) is 0 Å². The lowest BCUT2D eigenvalue weighted by molar-refractivity contribution is 0.608. The standard InChI is InChI=1S/C5H12N4/c1-9(2)5(8)3-4(6)7/h8H,3H2,1-2H3,(H3,6,7). The van der Waals surface area contributed by atoms with Gasteiger partial charge < -0.3 is 10.6 Å². The molecule has 4 heteroatoms. The van der Waals surface area contributed by atoms with Crippen molar-refractivity contribution in [1.82, 2.24) is 4.90 Å². The van der Waals surface area contributed by atoms with Gasteiger partial charge in [-0.25, -0.2) is 0 Å². The van der Waals surface area contributed by atoms with Crippen LogP contribution in [0.1, 0.15) is 6.42 Å². The van der Waals surface area contributed by atoms with E-state index in [-0.39, 0.29) is 12.3 Å². The SMILES string of the molecule is CN(C)C(=N)CC(=N)N. The maximum absolute atomic E-state index is 7.18. The molecule has 0 amide bonds. The molecule has 0 fully saturated rings. The second-order valence-corrected chi connectivity index (χ2v) is 2.04. The molecule has 0 heterocycles. The van der Waals surface area contributed by atoms with Gasteiger partial charge in [0.15, 0.2) is 0 Å². The molecule has 4 N–H and O–H groups in total. The fraction of sp³-hybridized carbons (Fsp3) is 0.600. The zero-order chi connectivity index (χ0) is 7.44. The summed E-state index contributed by atoms with van der Waals surface area (Å²) in [6, 6.07) is 0. The summed E-state index contributed by atoms with van der Waals surface area (Å²) in [7, 11) is 3.51. The van der Waals surface area contributed by atoms with Gasteiger partial charge >= 0.3 is 0 Å². The Morgan fingerprint density at radius 1 is 1.44 bits per heavy atom. The van der Waals surface area contributed by atoms with Crippen LogP contribution in [0.15, 0.2) is 0 Å². The Labute approximate surface area is 54.7 Å². The smallest absolute Gasteiger partial charge is 0.103 e. The molecular formula is C5H12N4. The van der Waals surface area contributed by atoms with Crippen molar-refractivity contribution in [3.63, 3.8) is 0 Å². The molecule has 0 rings (SSSR count). The highest BCUT2D eigenvalue weighted by molar-refractivity contribution is 5.98. The average molecular weight is 128 g/mol. The highest BCUT2D eigenvalue weighted by Crippen LogP contribution is 1.84. The summed E-state index contributed by atoms with van der Waals surface area (Å²) in [5, 5.41) is 14.0. The molecule has 0 atom stereocenters. The van der Waals surface area contributed by atoms with E-state index in [1.54, 1.807) is 19.0 Å². The fourth-order valence-electron chi connectivity index (χ4n) is 0.339. The van der Waals surface area contributed by atoms with Crippen LogP contribution in [-0.4, -0.2) is 30.7 Å². The van der Waals surface area contributed by atoms with Gasteiger partial charge in [0.25, 0.3) is 0 Å². The molecule has 4 nitrogen and oxygen atoms in total. The van der Waals surface area contributed by atoms with Crippen LogP contribution in [0.25, 0.3) is 0 Å². The van der Waals surface area contributed by atoms with Gasteiger partial charge in [0.05, 0.1) is 12.3 Å². The minimum Gasteiger partial charge on any atom is -0.387 e. The summed E-state index contributed by atoms with van der Waals surface area (Å²) >= 11 is 0. The Morgan fingerprint density at radius 3 is 2.00 bits per heavy atom. The Hall–Kier alpha value is -1.06. The largest absolute Gasteiger partial charge is 0.387 e. The Balaban J connectivity index is 3.64. The highest BCUT2D eigenvalue weighted by Gasteiger charge is 1.98. The fourth-order valence-corrected chi connectivity index (χ4v) is 0.339. The van der Waals surface area contributed by atoms with E-state index in [1.165, 1.54) is 0 Å². The molecule has 0 aliphatic rings. The van der Waals surface area contributed by atoms with Crippen molar-refractivity contribution in [3.05, 3.63) is 0 Å². The van der Waals surface area contributed by atoms with E-state index in [1.807, 2.05) is 0 Å². The molecule has 0 aliphatic carbocycles. The summed E-state index contributed by atoms with van der Waals surface area (Å²) in [6.45, 7) is 0. The van der Waals surface area contributed by atoms with Crippen LogP contribution in [0.3, 0.4) is 0 Å². The molecule has 0 aromatic carbocycles. The minimum atomic E-state index is 0.0358. The number of rotatable bonds is 2. The Kier molecular flexibility index (Phi) is 2.70. The number of nitrogens with one attached hydrogen (secondary N) is 2. The third-order valence-corrected chi connectivity index (χ3v) is 0.898. The van der Waals surface area contributed by atoms with Crippen LogP contribution in [0.5, 0.6) is 0 Å². The van der Waals surface area contributed by atoms with Gasteiger partial charge in [-0.05, 0) is 0 Å². The van der Waals surface area contributed by atoms with Crippen LogP contribution in [-0.2, 0) is 0 Å². The molecular weight excluding hydrogens is 116 g/mol.